The predicted octanol–water partition coefficient (Wildman–Crippen LogP) is 2.98. The van der Waals surface area contributed by atoms with Gasteiger partial charge in [0, 0.05) is 18.4 Å². The van der Waals surface area contributed by atoms with Gasteiger partial charge >= 0.3 is 0 Å². The summed E-state index contributed by atoms with van der Waals surface area (Å²) in [5.41, 5.74) is 2.49. The van der Waals surface area contributed by atoms with E-state index in [1.165, 1.54) is 11.1 Å². The molecule has 2 rings (SSSR count). The Balaban J connectivity index is 1.87. The van der Waals surface area contributed by atoms with E-state index in [2.05, 4.69) is 23.3 Å². The number of nitrogens with zero attached hydrogens (tertiary/aromatic N) is 1. The third kappa shape index (κ3) is 3.80. The molecule has 0 saturated heterocycles. The molecule has 1 aromatic heterocycles. The van der Waals surface area contributed by atoms with Crippen molar-refractivity contribution in [3.8, 4) is 5.75 Å². The van der Waals surface area contributed by atoms with Crippen molar-refractivity contribution in [2.75, 3.05) is 13.7 Å². The van der Waals surface area contributed by atoms with E-state index < -0.39 is 0 Å². The van der Waals surface area contributed by atoms with Crippen LogP contribution in [0.1, 0.15) is 24.1 Å². The van der Waals surface area contributed by atoms with Gasteiger partial charge in [-0.25, -0.2) is 0 Å². The minimum Gasteiger partial charge on any atom is -0.496 e. The number of hydrogen-bond donors (Lipinski definition) is 1. The van der Waals surface area contributed by atoms with Crippen LogP contribution in [0.2, 0.25) is 0 Å². The first kappa shape index (κ1) is 13.6. The molecule has 1 heterocycles. The van der Waals surface area contributed by atoms with Crippen LogP contribution in [-0.2, 0) is 6.42 Å². The lowest BCUT2D eigenvalue weighted by atomic mass is 10.1. The third-order valence-corrected chi connectivity index (χ3v) is 3.24. The first-order valence-electron chi connectivity index (χ1n) is 6.56. The lowest BCUT2D eigenvalue weighted by Crippen LogP contribution is -2.21. The number of pyridine rings is 1. The van der Waals surface area contributed by atoms with Crippen LogP contribution in [-0.4, -0.2) is 18.6 Å². The van der Waals surface area contributed by atoms with E-state index >= 15 is 0 Å². The Kier molecular flexibility index (Phi) is 4.93. The molecule has 0 radical (unpaired) electrons. The summed E-state index contributed by atoms with van der Waals surface area (Å²) in [6.07, 6.45) is 4.61. The first-order chi connectivity index (χ1) is 9.31. The molecule has 0 spiro atoms. The molecule has 3 nitrogen and oxygen atoms in total. The van der Waals surface area contributed by atoms with E-state index in [0.29, 0.717) is 6.04 Å². The molecule has 100 valence electrons. The van der Waals surface area contributed by atoms with E-state index in [4.69, 9.17) is 4.74 Å². The van der Waals surface area contributed by atoms with Gasteiger partial charge in [0.25, 0.3) is 0 Å². The molecule has 0 aliphatic carbocycles. The highest BCUT2D eigenvalue weighted by molar-refractivity contribution is 5.33. The summed E-state index contributed by atoms with van der Waals surface area (Å²) in [4.78, 5) is 4.03. The minimum atomic E-state index is 0.331. The number of methoxy groups -OCH3 is 1. The summed E-state index contributed by atoms with van der Waals surface area (Å²) < 4.78 is 5.35. The molecule has 1 aromatic carbocycles. The zero-order chi connectivity index (χ0) is 13.5. The number of para-hydroxylation sites is 1. The van der Waals surface area contributed by atoms with Gasteiger partial charge in [0.15, 0.2) is 0 Å². The second-order valence-corrected chi connectivity index (χ2v) is 4.52. The van der Waals surface area contributed by atoms with Crippen LogP contribution < -0.4 is 10.1 Å². The SMILES string of the molecule is COc1ccccc1CCNC(C)c1ccncc1. The maximum atomic E-state index is 5.35. The number of benzene rings is 1. The molecule has 0 saturated carbocycles. The van der Waals surface area contributed by atoms with Crippen molar-refractivity contribution in [1.29, 1.82) is 0 Å². The van der Waals surface area contributed by atoms with E-state index in [9.17, 15) is 0 Å². The average Bonchev–Trinajstić information content (AvgIpc) is 2.48. The van der Waals surface area contributed by atoms with Crippen molar-refractivity contribution in [3.63, 3.8) is 0 Å². The third-order valence-electron chi connectivity index (χ3n) is 3.24. The fourth-order valence-electron chi connectivity index (χ4n) is 2.10. The topological polar surface area (TPSA) is 34.1 Å². The van der Waals surface area contributed by atoms with Gasteiger partial charge in [-0.1, -0.05) is 18.2 Å². The summed E-state index contributed by atoms with van der Waals surface area (Å²) in [5, 5.41) is 3.52. The van der Waals surface area contributed by atoms with Gasteiger partial charge in [-0.15, -0.1) is 0 Å². The van der Waals surface area contributed by atoms with Crippen LogP contribution >= 0.6 is 0 Å². The summed E-state index contributed by atoms with van der Waals surface area (Å²) in [5.74, 6) is 0.959. The lowest BCUT2D eigenvalue weighted by molar-refractivity contribution is 0.408. The van der Waals surface area contributed by atoms with Crippen LogP contribution in [0, 0.1) is 0 Å². The number of nitrogens with one attached hydrogen (secondary N) is 1. The Morgan fingerprint density at radius 2 is 1.89 bits per heavy atom. The van der Waals surface area contributed by atoms with Crippen molar-refractivity contribution < 1.29 is 4.74 Å². The second-order valence-electron chi connectivity index (χ2n) is 4.52. The highest BCUT2D eigenvalue weighted by Gasteiger charge is 2.05. The minimum absolute atomic E-state index is 0.331. The van der Waals surface area contributed by atoms with Crippen LogP contribution in [0.3, 0.4) is 0 Å². The van der Waals surface area contributed by atoms with E-state index in [1.54, 1.807) is 7.11 Å². The van der Waals surface area contributed by atoms with Crippen molar-refractivity contribution >= 4 is 0 Å². The molecular formula is C16H20N2O. The molecule has 0 aliphatic heterocycles. The molecule has 1 atom stereocenters. The van der Waals surface area contributed by atoms with Crippen LogP contribution in [0.25, 0.3) is 0 Å². The second kappa shape index (κ2) is 6.90. The van der Waals surface area contributed by atoms with E-state index in [-0.39, 0.29) is 0 Å². The van der Waals surface area contributed by atoms with Crippen molar-refractivity contribution in [3.05, 3.63) is 59.9 Å². The van der Waals surface area contributed by atoms with Gasteiger partial charge in [0.2, 0.25) is 0 Å². The van der Waals surface area contributed by atoms with Crippen LogP contribution in [0.5, 0.6) is 5.75 Å². The van der Waals surface area contributed by atoms with E-state index in [1.807, 2.05) is 42.7 Å². The largest absolute Gasteiger partial charge is 0.496 e. The predicted molar refractivity (Wildman–Crippen MR) is 77.4 cm³/mol. The van der Waals surface area contributed by atoms with Gasteiger partial charge in [0.05, 0.1) is 7.11 Å². The number of rotatable bonds is 6. The smallest absolute Gasteiger partial charge is 0.122 e. The summed E-state index contributed by atoms with van der Waals surface area (Å²) >= 11 is 0. The highest BCUT2D eigenvalue weighted by Crippen LogP contribution is 2.18. The van der Waals surface area contributed by atoms with Gasteiger partial charge in [0.1, 0.15) is 5.75 Å². The molecule has 1 unspecified atom stereocenters. The van der Waals surface area contributed by atoms with Crippen molar-refractivity contribution in [2.24, 2.45) is 0 Å². The average molecular weight is 256 g/mol. The van der Waals surface area contributed by atoms with E-state index in [0.717, 1.165) is 18.7 Å². The maximum absolute atomic E-state index is 5.35. The Labute approximate surface area is 114 Å². The molecule has 0 amide bonds. The lowest BCUT2D eigenvalue weighted by Gasteiger charge is -2.14. The molecule has 0 fully saturated rings. The van der Waals surface area contributed by atoms with Crippen LogP contribution in [0.4, 0.5) is 0 Å². The number of aromatic nitrogens is 1. The fraction of sp³-hybridized carbons (Fsp3) is 0.312. The summed E-state index contributed by atoms with van der Waals surface area (Å²) in [6, 6.07) is 12.6. The Morgan fingerprint density at radius 1 is 1.16 bits per heavy atom. The summed E-state index contributed by atoms with van der Waals surface area (Å²) in [7, 11) is 1.71. The first-order valence-corrected chi connectivity index (χ1v) is 6.56. The van der Waals surface area contributed by atoms with Crippen LogP contribution in [0.15, 0.2) is 48.8 Å². The van der Waals surface area contributed by atoms with Gasteiger partial charge in [-0.3, -0.25) is 4.98 Å². The molecule has 2 aromatic rings. The van der Waals surface area contributed by atoms with Crippen molar-refractivity contribution in [2.45, 2.75) is 19.4 Å². The molecule has 19 heavy (non-hydrogen) atoms. The molecule has 1 N–H and O–H groups in total. The van der Waals surface area contributed by atoms with Crippen molar-refractivity contribution in [1.82, 2.24) is 10.3 Å². The molecular weight excluding hydrogens is 236 g/mol. The Hall–Kier alpha value is -1.87. The van der Waals surface area contributed by atoms with Gasteiger partial charge < -0.3 is 10.1 Å². The summed E-state index contributed by atoms with van der Waals surface area (Å²) in [6.45, 7) is 3.08. The fourth-order valence-corrected chi connectivity index (χ4v) is 2.10. The van der Waals surface area contributed by atoms with Gasteiger partial charge in [-0.05, 0) is 49.2 Å². The Bertz CT molecular complexity index is 499. The normalized spacial score (nSPS) is 12.1. The maximum Gasteiger partial charge on any atom is 0.122 e. The van der Waals surface area contributed by atoms with Gasteiger partial charge in [-0.2, -0.15) is 0 Å². The Morgan fingerprint density at radius 3 is 2.63 bits per heavy atom. The highest BCUT2D eigenvalue weighted by atomic mass is 16.5. The number of ether oxygens (including phenoxy) is 1. The monoisotopic (exact) mass is 256 g/mol. The quantitative estimate of drug-likeness (QED) is 0.862. The standard InChI is InChI=1S/C16H20N2O/c1-13(14-7-10-17-11-8-14)18-12-9-15-5-3-4-6-16(15)19-2/h3-8,10-11,13,18H,9,12H2,1-2H3. The molecule has 3 heteroatoms. The zero-order valence-electron chi connectivity index (χ0n) is 11.5. The number of hydrogen-bond acceptors (Lipinski definition) is 3. The molecule has 0 bridgehead atoms. The molecule has 0 aliphatic rings. The zero-order valence-corrected chi connectivity index (χ0v) is 11.5.